The predicted octanol–water partition coefficient (Wildman–Crippen LogP) is 2.92. The van der Waals surface area contributed by atoms with Crippen molar-refractivity contribution < 1.29 is 24.5 Å². The predicted molar refractivity (Wildman–Crippen MR) is 142 cm³/mol. The van der Waals surface area contributed by atoms with Gasteiger partial charge in [0.2, 0.25) is 5.91 Å². The van der Waals surface area contributed by atoms with E-state index < -0.39 is 17.7 Å². The summed E-state index contributed by atoms with van der Waals surface area (Å²) >= 11 is 6.61. The summed E-state index contributed by atoms with van der Waals surface area (Å²) in [6.45, 7) is 3.66. The number of nitrogens with zero attached hydrogens (tertiary/aromatic N) is 2. The molecule has 3 aromatic rings. The fourth-order valence-corrected chi connectivity index (χ4v) is 6.80. The van der Waals surface area contributed by atoms with Crippen LogP contribution in [0.25, 0.3) is 22.3 Å². The molecule has 2 aliphatic carbocycles. The van der Waals surface area contributed by atoms with Gasteiger partial charge in [-0.25, -0.2) is 9.78 Å². The van der Waals surface area contributed by atoms with E-state index in [4.69, 9.17) is 21.3 Å². The van der Waals surface area contributed by atoms with Gasteiger partial charge in [0, 0.05) is 21.5 Å². The Morgan fingerprint density at radius 1 is 1.26 bits per heavy atom. The second kappa shape index (κ2) is 8.36. The van der Waals surface area contributed by atoms with E-state index in [9.17, 15) is 24.6 Å². The maximum absolute atomic E-state index is 13.7. The number of aliphatic hydroxyl groups excluding tert-OH is 1. The first kappa shape index (κ1) is 24.7. The van der Waals surface area contributed by atoms with Crippen molar-refractivity contribution in [3.05, 3.63) is 60.9 Å². The van der Waals surface area contributed by atoms with Gasteiger partial charge in [-0.2, -0.15) is 0 Å². The lowest BCUT2D eigenvalue weighted by molar-refractivity contribution is -0.172. The molecule has 2 unspecified atom stereocenters. The highest BCUT2D eigenvalue weighted by molar-refractivity contribution is 6.32. The summed E-state index contributed by atoms with van der Waals surface area (Å²) in [6, 6.07) is 3.11. The average molecular weight is 550 g/mol. The van der Waals surface area contributed by atoms with Crippen molar-refractivity contribution in [2.24, 2.45) is 5.92 Å². The lowest BCUT2D eigenvalue weighted by atomic mass is 9.81. The molecule has 2 aliphatic heterocycles. The molecule has 2 aromatic heterocycles. The summed E-state index contributed by atoms with van der Waals surface area (Å²) in [5.41, 5.74) is 3.68. The summed E-state index contributed by atoms with van der Waals surface area (Å²) in [4.78, 5) is 44.2. The maximum Gasteiger partial charge on any atom is 0.343 e. The van der Waals surface area contributed by atoms with Crippen LogP contribution in [0.5, 0.6) is 0 Å². The summed E-state index contributed by atoms with van der Waals surface area (Å²) in [6.07, 6.45) is 2.00. The van der Waals surface area contributed by atoms with Crippen LogP contribution >= 0.6 is 11.6 Å². The highest BCUT2D eigenvalue weighted by Gasteiger charge is 2.46. The first-order valence-electron chi connectivity index (χ1n) is 13.4. The van der Waals surface area contributed by atoms with E-state index >= 15 is 0 Å². The van der Waals surface area contributed by atoms with E-state index in [2.05, 4.69) is 5.32 Å². The van der Waals surface area contributed by atoms with Gasteiger partial charge in [-0.15, -0.1) is 0 Å². The molecule has 1 amide bonds. The average Bonchev–Trinajstić information content (AvgIpc) is 3.71. The molecule has 7 rings (SSSR count). The zero-order valence-electron chi connectivity index (χ0n) is 21.6. The van der Waals surface area contributed by atoms with E-state index in [0.717, 1.165) is 40.5 Å². The molecule has 1 aromatic carbocycles. The first-order chi connectivity index (χ1) is 18.6. The van der Waals surface area contributed by atoms with Crippen molar-refractivity contribution in [3.8, 4) is 11.4 Å². The zero-order chi connectivity index (χ0) is 27.4. The van der Waals surface area contributed by atoms with Crippen LogP contribution in [-0.4, -0.2) is 37.7 Å². The van der Waals surface area contributed by atoms with Crippen molar-refractivity contribution in [1.82, 2.24) is 14.9 Å². The number of aliphatic hydroxyl groups is 2. The Hall–Kier alpha value is -3.27. The molecule has 1 saturated carbocycles. The lowest BCUT2D eigenvalue weighted by Crippen LogP contribution is -2.44. The Kier molecular flexibility index (Phi) is 5.31. The van der Waals surface area contributed by atoms with Crippen molar-refractivity contribution in [2.45, 2.75) is 76.9 Å². The fourth-order valence-electron chi connectivity index (χ4n) is 6.58. The smallest absolute Gasteiger partial charge is 0.343 e. The molecule has 4 heterocycles. The minimum Gasteiger partial charge on any atom is -0.458 e. The molecule has 0 radical (unpaired) electrons. The molecular weight excluding hydrogens is 522 g/mol. The quantitative estimate of drug-likeness (QED) is 0.334. The Labute approximate surface area is 228 Å². The third-order valence-corrected chi connectivity index (χ3v) is 9.42. The number of fused-ring (bicyclic) bond motifs is 5. The second-order valence-corrected chi connectivity index (χ2v) is 11.6. The zero-order valence-corrected chi connectivity index (χ0v) is 22.4. The van der Waals surface area contributed by atoms with Crippen LogP contribution < -0.4 is 10.9 Å². The number of carbonyl (C=O) groups is 2. The molecule has 3 atom stereocenters. The van der Waals surface area contributed by atoms with Crippen LogP contribution in [0.1, 0.15) is 72.0 Å². The van der Waals surface area contributed by atoms with Crippen molar-refractivity contribution in [2.75, 3.05) is 0 Å². The SMILES string of the molecule is CC[C@@]1(O)C(=O)OCc2c1cc1n(c2=O)Cc2c-1nc1cc(Cl)c(C)c3c1c2C(NC(=O)C(O)C1CC1)CC3. The Bertz CT molecular complexity index is 1690. The van der Waals surface area contributed by atoms with E-state index in [-0.39, 0.29) is 54.1 Å². The number of nitrogens with one attached hydrogen (secondary N) is 1. The maximum atomic E-state index is 13.7. The molecule has 10 heteroatoms. The Balaban J connectivity index is 1.46. The summed E-state index contributed by atoms with van der Waals surface area (Å²) in [7, 11) is 0. The van der Waals surface area contributed by atoms with Crippen molar-refractivity contribution in [1.29, 1.82) is 0 Å². The molecule has 4 aliphatic rings. The summed E-state index contributed by atoms with van der Waals surface area (Å²) in [5, 5.41) is 26.3. The number of rotatable bonds is 4. The van der Waals surface area contributed by atoms with Gasteiger partial charge in [0.15, 0.2) is 5.60 Å². The van der Waals surface area contributed by atoms with Crippen molar-refractivity contribution in [3.63, 3.8) is 0 Å². The molecule has 202 valence electrons. The highest BCUT2D eigenvalue weighted by Crippen LogP contribution is 2.46. The Morgan fingerprint density at radius 3 is 2.74 bits per heavy atom. The molecule has 0 spiro atoms. The minimum atomic E-state index is -1.92. The number of hydrogen-bond acceptors (Lipinski definition) is 7. The number of esters is 1. The number of amides is 1. The standard InChI is InChI=1S/C29H28ClN3O6/c1-3-29(38)17-8-21-24-15(10-33(21)27(36)16(17)11-39-28(29)37)23-19(32-26(35)25(34)13-4-5-13)7-6-14-12(2)18(30)9-20(31-24)22(14)23/h8-9,13,19,25,34,38H,3-7,10-11H2,1-2H3,(H,32,35)/t19?,25?,29-/m0/s1. The van der Waals surface area contributed by atoms with E-state index in [1.807, 2.05) is 13.0 Å². The van der Waals surface area contributed by atoms with Crippen LogP contribution in [-0.2, 0) is 39.5 Å². The van der Waals surface area contributed by atoms with Crippen LogP contribution in [0, 0.1) is 12.8 Å². The van der Waals surface area contributed by atoms with E-state index in [1.165, 1.54) is 0 Å². The van der Waals surface area contributed by atoms with Gasteiger partial charge in [-0.3, -0.25) is 9.59 Å². The summed E-state index contributed by atoms with van der Waals surface area (Å²) in [5.74, 6) is -1.16. The van der Waals surface area contributed by atoms with Gasteiger partial charge in [-0.05, 0) is 73.8 Å². The largest absolute Gasteiger partial charge is 0.458 e. The topological polar surface area (TPSA) is 131 Å². The molecule has 1 fully saturated rings. The number of ether oxygens (including phenoxy) is 1. The molecule has 39 heavy (non-hydrogen) atoms. The van der Waals surface area contributed by atoms with Gasteiger partial charge >= 0.3 is 5.97 Å². The number of aryl methyl sites for hydroxylation is 1. The van der Waals surface area contributed by atoms with Crippen LogP contribution in [0.3, 0.4) is 0 Å². The molecule has 0 bridgehead atoms. The van der Waals surface area contributed by atoms with E-state index in [0.29, 0.717) is 34.8 Å². The summed E-state index contributed by atoms with van der Waals surface area (Å²) < 4.78 is 6.79. The van der Waals surface area contributed by atoms with E-state index in [1.54, 1.807) is 17.6 Å². The van der Waals surface area contributed by atoms with Gasteiger partial charge in [-0.1, -0.05) is 18.5 Å². The fraction of sp³-hybridized carbons (Fsp3) is 0.448. The van der Waals surface area contributed by atoms with Crippen molar-refractivity contribution >= 4 is 34.4 Å². The van der Waals surface area contributed by atoms with Gasteiger partial charge < -0.3 is 24.8 Å². The van der Waals surface area contributed by atoms with Crippen LogP contribution in [0.4, 0.5) is 0 Å². The number of pyridine rings is 2. The lowest BCUT2D eigenvalue weighted by Gasteiger charge is -2.31. The molecule has 9 nitrogen and oxygen atoms in total. The number of cyclic esters (lactones) is 1. The minimum absolute atomic E-state index is 0.00139. The van der Waals surface area contributed by atoms with Crippen LogP contribution in [0.15, 0.2) is 16.9 Å². The first-order valence-corrected chi connectivity index (χ1v) is 13.8. The normalized spacial score (nSPS) is 23.6. The molecular formula is C29H28ClN3O6. The van der Waals surface area contributed by atoms with Gasteiger partial charge in [0.05, 0.1) is 35.1 Å². The number of aromatic nitrogens is 2. The van der Waals surface area contributed by atoms with Gasteiger partial charge in [0.25, 0.3) is 5.56 Å². The Morgan fingerprint density at radius 2 is 2.03 bits per heavy atom. The number of carbonyl (C=O) groups excluding carboxylic acids is 2. The monoisotopic (exact) mass is 549 g/mol. The highest BCUT2D eigenvalue weighted by atomic mass is 35.5. The van der Waals surface area contributed by atoms with Gasteiger partial charge in [0.1, 0.15) is 12.7 Å². The number of benzene rings is 1. The third-order valence-electron chi connectivity index (χ3n) is 9.03. The molecule has 0 saturated heterocycles. The van der Waals surface area contributed by atoms with Crippen LogP contribution in [0.2, 0.25) is 5.02 Å². The third kappa shape index (κ3) is 3.39. The number of halogens is 1. The number of hydrogen-bond donors (Lipinski definition) is 3. The second-order valence-electron chi connectivity index (χ2n) is 11.2. The molecule has 3 N–H and O–H groups in total.